The summed E-state index contributed by atoms with van der Waals surface area (Å²) in [5.74, 6) is 8.96. The average molecular weight is 304 g/mol. The standard InChI is InChI=1S/C22H24O/c1-3-4-5-16-7-11-21-20-9-6-15-14-17(23)8-10-18(15)19(20)12-13-22(16,21)2/h6-10,14,19-21,23H,3,11-13H2,1-2H3. The highest BCUT2D eigenvalue weighted by Gasteiger charge is 2.50. The molecule has 4 atom stereocenters. The molecule has 3 aliphatic rings. The number of aromatic hydroxyl groups is 1. The molecule has 118 valence electrons. The van der Waals surface area contributed by atoms with E-state index in [0.29, 0.717) is 23.5 Å². The molecule has 4 rings (SSSR count). The van der Waals surface area contributed by atoms with Crippen molar-refractivity contribution in [3.63, 3.8) is 0 Å². The van der Waals surface area contributed by atoms with Crippen molar-refractivity contribution < 1.29 is 5.11 Å². The SMILES string of the molecule is CCC#CC1=CCC2C3C=Cc4cc(O)ccc4C3CCC12C. The van der Waals surface area contributed by atoms with Gasteiger partial charge in [0.05, 0.1) is 0 Å². The van der Waals surface area contributed by atoms with Crippen molar-refractivity contribution >= 4 is 6.08 Å². The third-order valence-electron chi connectivity index (χ3n) is 6.28. The predicted molar refractivity (Wildman–Crippen MR) is 95.0 cm³/mol. The van der Waals surface area contributed by atoms with Crippen LogP contribution in [0.4, 0.5) is 0 Å². The molecule has 1 fully saturated rings. The van der Waals surface area contributed by atoms with Crippen molar-refractivity contribution in [1.29, 1.82) is 0 Å². The van der Waals surface area contributed by atoms with E-state index in [2.05, 4.69) is 50.0 Å². The normalized spacial score (nSPS) is 33.8. The highest BCUT2D eigenvalue weighted by molar-refractivity contribution is 5.61. The van der Waals surface area contributed by atoms with Crippen LogP contribution in [0.15, 0.2) is 35.9 Å². The summed E-state index contributed by atoms with van der Waals surface area (Å²) >= 11 is 0. The van der Waals surface area contributed by atoms with Gasteiger partial charge in [-0.1, -0.05) is 50.0 Å². The van der Waals surface area contributed by atoms with Crippen LogP contribution in [0.25, 0.3) is 6.08 Å². The molecule has 0 amide bonds. The smallest absolute Gasteiger partial charge is 0.116 e. The van der Waals surface area contributed by atoms with E-state index in [4.69, 9.17) is 0 Å². The van der Waals surface area contributed by atoms with E-state index in [1.807, 2.05) is 12.1 Å². The topological polar surface area (TPSA) is 20.2 Å². The quantitative estimate of drug-likeness (QED) is 0.647. The van der Waals surface area contributed by atoms with Gasteiger partial charge in [-0.15, -0.1) is 0 Å². The van der Waals surface area contributed by atoms with Crippen LogP contribution in [0.2, 0.25) is 0 Å². The largest absolute Gasteiger partial charge is 0.508 e. The lowest BCUT2D eigenvalue weighted by atomic mass is 9.56. The summed E-state index contributed by atoms with van der Waals surface area (Å²) in [7, 11) is 0. The van der Waals surface area contributed by atoms with Crippen LogP contribution in [-0.2, 0) is 0 Å². The van der Waals surface area contributed by atoms with Gasteiger partial charge < -0.3 is 5.11 Å². The predicted octanol–water partition coefficient (Wildman–Crippen LogP) is 5.28. The fourth-order valence-electron chi connectivity index (χ4n) is 5.04. The number of fused-ring (bicyclic) bond motifs is 5. The molecule has 1 saturated carbocycles. The maximum Gasteiger partial charge on any atom is 0.116 e. The fraction of sp³-hybridized carbons (Fsp3) is 0.455. The van der Waals surface area contributed by atoms with Crippen LogP contribution in [0, 0.1) is 29.1 Å². The Balaban J connectivity index is 1.68. The summed E-state index contributed by atoms with van der Waals surface area (Å²) in [6, 6.07) is 5.88. The lowest BCUT2D eigenvalue weighted by Crippen LogP contribution is -2.39. The molecule has 23 heavy (non-hydrogen) atoms. The molecule has 0 bridgehead atoms. The zero-order chi connectivity index (χ0) is 16.0. The molecule has 0 heterocycles. The highest BCUT2D eigenvalue weighted by Crippen LogP contribution is 2.60. The Hall–Kier alpha value is -1.94. The first-order valence-corrected chi connectivity index (χ1v) is 8.84. The number of rotatable bonds is 0. The van der Waals surface area contributed by atoms with E-state index >= 15 is 0 Å². The molecule has 1 nitrogen and oxygen atoms in total. The maximum absolute atomic E-state index is 9.74. The van der Waals surface area contributed by atoms with Gasteiger partial charge in [-0.05, 0) is 60.3 Å². The van der Waals surface area contributed by atoms with Crippen molar-refractivity contribution in [3.8, 4) is 17.6 Å². The molecule has 1 aromatic carbocycles. The molecule has 0 aliphatic heterocycles. The Bertz CT molecular complexity index is 758. The molecule has 4 unspecified atom stereocenters. The molecular formula is C22H24O. The minimum atomic E-state index is 0.252. The first-order valence-electron chi connectivity index (χ1n) is 8.84. The van der Waals surface area contributed by atoms with Gasteiger partial charge in [-0.25, -0.2) is 0 Å². The van der Waals surface area contributed by atoms with Gasteiger partial charge in [-0.3, -0.25) is 0 Å². The van der Waals surface area contributed by atoms with Crippen molar-refractivity contribution in [2.24, 2.45) is 17.3 Å². The summed E-state index contributed by atoms with van der Waals surface area (Å²) in [6.45, 7) is 4.55. The minimum Gasteiger partial charge on any atom is -0.508 e. The number of benzene rings is 1. The Morgan fingerprint density at radius 1 is 1.35 bits per heavy atom. The molecule has 1 aromatic rings. The summed E-state index contributed by atoms with van der Waals surface area (Å²) in [4.78, 5) is 0. The van der Waals surface area contributed by atoms with Crippen LogP contribution >= 0.6 is 0 Å². The third-order valence-corrected chi connectivity index (χ3v) is 6.28. The molecule has 0 saturated heterocycles. The highest BCUT2D eigenvalue weighted by atomic mass is 16.3. The number of hydrogen-bond donors (Lipinski definition) is 1. The molecular weight excluding hydrogens is 280 g/mol. The first-order chi connectivity index (χ1) is 11.1. The van der Waals surface area contributed by atoms with Crippen molar-refractivity contribution in [3.05, 3.63) is 47.1 Å². The van der Waals surface area contributed by atoms with Crippen LogP contribution in [0.5, 0.6) is 5.75 Å². The average Bonchev–Trinajstić information content (AvgIpc) is 2.89. The number of hydrogen-bond acceptors (Lipinski definition) is 1. The van der Waals surface area contributed by atoms with Crippen LogP contribution < -0.4 is 0 Å². The van der Waals surface area contributed by atoms with Gasteiger partial charge in [0.2, 0.25) is 0 Å². The zero-order valence-electron chi connectivity index (χ0n) is 14.0. The first kappa shape index (κ1) is 14.6. The molecule has 0 aromatic heterocycles. The second kappa shape index (κ2) is 5.31. The molecule has 0 spiro atoms. The Morgan fingerprint density at radius 2 is 2.22 bits per heavy atom. The molecule has 0 radical (unpaired) electrons. The van der Waals surface area contributed by atoms with E-state index in [1.54, 1.807) is 0 Å². The lowest BCUT2D eigenvalue weighted by molar-refractivity contribution is 0.117. The van der Waals surface area contributed by atoms with E-state index in [9.17, 15) is 5.11 Å². The number of allylic oxidation sites excluding steroid dienone is 3. The van der Waals surface area contributed by atoms with Gasteiger partial charge in [0, 0.05) is 17.4 Å². The monoisotopic (exact) mass is 304 g/mol. The van der Waals surface area contributed by atoms with Crippen LogP contribution in [0.1, 0.15) is 56.6 Å². The van der Waals surface area contributed by atoms with Crippen molar-refractivity contribution in [2.45, 2.75) is 45.4 Å². The molecule has 1 N–H and O–H groups in total. The third kappa shape index (κ3) is 2.16. The maximum atomic E-state index is 9.74. The van der Waals surface area contributed by atoms with Gasteiger partial charge in [-0.2, -0.15) is 0 Å². The minimum absolute atomic E-state index is 0.252. The second-order valence-electron chi connectivity index (χ2n) is 7.43. The fourth-order valence-corrected chi connectivity index (χ4v) is 5.04. The van der Waals surface area contributed by atoms with Gasteiger partial charge in [0.1, 0.15) is 5.75 Å². The van der Waals surface area contributed by atoms with Gasteiger partial charge >= 0.3 is 0 Å². The molecule has 1 heteroatoms. The van der Waals surface area contributed by atoms with Crippen LogP contribution in [0.3, 0.4) is 0 Å². The summed E-state index contributed by atoms with van der Waals surface area (Å²) < 4.78 is 0. The van der Waals surface area contributed by atoms with Crippen LogP contribution in [-0.4, -0.2) is 5.11 Å². The zero-order valence-corrected chi connectivity index (χ0v) is 14.0. The Morgan fingerprint density at radius 3 is 3.04 bits per heavy atom. The summed E-state index contributed by atoms with van der Waals surface area (Å²) in [5.41, 5.74) is 4.26. The summed E-state index contributed by atoms with van der Waals surface area (Å²) in [6.07, 6.45) is 11.5. The Kier molecular flexibility index (Phi) is 3.38. The lowest BCUT2D eigenvalue weighted by Gasteiger charge is -2.48. The number of phenolic OH excluding ortho intramolecular Hbond substituents is 1. The number of phenols is 1. The van der Waals surface area contributed by atoms with E-state index in [0.717, 1.165) is 12.8 Å². The van der Waals surface area contributed by atoms with Crippen molar-refractivity contribution in [2.75, 3.05) is 0 Å². The van der Waals surface area contributed by atoms with E-state index in [1.165, 1.54) is 29.5 Å². The van der Waals surface area contributed by atoms with E-state index < -0.39 is 0 Å². The van der Waals surface area contributed by atoms with Gasteiger partial charge in [0.15, 0.2) is 0 Å². The van der Waals surface area contributed by atoms with Crippen molar-refractivity contribution in [1.82, 2.24) is 0 Å². The Labute approximate surface area is 139 Å². The van der Waals surface area contributed by atoms with Gasteiger partial charge in [0.25, 0.3) is 0 Å². The van der Waals surface area contributed by atoms with E-state index in [-0.39, 0.29) is 5.41 Å². The molecule has 3 aliphatic carbocycles. The summed E-state index contributed by atoms with van der Waals surface area (Å²) in [5, 5.41) is 9.74. The second-order valence-corrected chi connectivity index (χ2v) is 7.43.